The second kappa shape index (κ2) is 8.61. The number of hydrogen-bond acceptors (Lipinski definition) is 7. The van der Waals surface area contributed by atoms with E-state index >= 15 is 4.39 Å². The smallest absolute Gasteiger partial charge is 0.354 e. The van der Waals surface area contributed by atoms with Gasteiger partial charge in [-0.15, -0.1) is 0 Å². The monoisotopic (exact) mass is 476 g/mol. The summed E-state index contributed by atoms with van der Waals surface area (Å²) in [6, 6.07) is 1.45. The molecule has 2 fully saturated rings. The number of alkyl halides is 4. The molecule has 1 aliphatic heterocycles. The number of halogens is 4. The first kappa shape index (κ1) is 22.2. The van der Waals surface area contributed by atoms with Crippen LogP contribution in [-0.4, -0.2) is 71.9 Å². The average Bonchev–Trinajstić information content (AvgIpc) is 3.51. The van der Waals surface area contributed by atoms with Crippen LogP contribution in [0.4, 0.5) is 23.4 Å². The number of anilines is 1. The number of nitrogens with zero attached hydrogens (tertiary/aromatic N) is 8. The van der Waals surface area contributed by atoms with Crippen molar-refractivity contribution in [3.8, 4) is 5.82 Å². The SMILES string of the molecule is O=C(c1cnc(-n2cncn2)cn1)N(C1CC1)C1CCN(c2ccc(C(F)(F)F)cn2)CC1F. The Morgan fingerprint density at radius 3 is 2.38 bits per heavy atom. The molecule has 1 amide bonds. The zero-order valence-corrected chi connectivity index (χ0v) is 17.8. The summed E-state index contributed by atoms with van der Waals surface area (Å²) in [4.78, 5) is 32.5. The van der Waals surface area contributed by atoms with Gasteiger partial charge in [0.15, 0.2) is 5.82 Å². The van der Waals surface area contributed by atoms with Crippen molar-refractivity contribution in [2.75, 3.05) is 18.0 Å². The number of piperidine rings is 1. The normalized spacial score (nSPS) is 20.9. The standard InChI is InChI=1S/C21H20F4N8O/c22-15-10-31(18-4-1-13(7-28-18)21(23,24)25)6-5-17(15)33(14-2-3-14)20(34)16-8-29-19(9-27-16)32-12-26-11-30-32/h1,4,7-9,11-12,14-15,17H,2-3,5-6,10H2. The molecule has 3 aromatic rings. The quantitative estimate of drug-likeness (QED) is 0.523. The maximum absolute atomic E-state index is 15.3. The van der Waals surface area contributed by atoms with E-state index in [0.717, 1.165) is 25.1 Å². The van der Waals surface area contributed by atoms with Gasteiger partial charge in [-0.05, 0) is 31.4 Å². The fraction of sp³-hybridized carbons (Fsp3) is 0.429. The third kappa shape index (κ3) is 4.41. The second-order valence-electron chi connectivity index (χ2n) is 8.26. The topological polar surface area (TPSA) is 92.9 Å². The van der Waals surface area contributed by atoms with Crippen LogP contribution in [0.5, 0.6) is 0 Å². The van der Waals surface area contributed by atoms with Crippen molar-refractivity contribution in [1.82, 2.24) is 34.6 Å². The zero-order valence-electron chi connectivity index (χ0n) is 17.8. The Labute approximate surface area is 191 Å². The first-order chi connectivity index (χ1) is 16.3. The Balaban J connectivity index is 1.29. The van der Waals surface area contributed by atoms with Crippen molar-refractivity contribution in [3.05, 3.63) is 54.6 Å². The maximum atomic E-state index is 15.3. The van der Waals surface area contributed by atoms with Crippen LogP contribution in [0.15, 0.2) is 43.4 Å². The number of carbonyl (C=O) groups is 1. The van der Waals surface area contributed by atoms with E-state index in [1.807, 2.05) is 0 Å². The zero-order chi connectivity index (χ0) is 23.9. The van der Waals surface area contributed by atoms with E-state index in [2.05, 4.69) is 25.0 Å². The largest absolute Gasteiger partial charge is 0.417 e. The van der Waals surface area contributed by atoms with Gasteiger partial charge in [0.2, 0.25) is 0 Å². The van der Waals surface area contributed by atoms with Crippen LogP contribution in [0, 0.1) is 0 Å². The average molecular weight is 476 g/mol. The first-order valence-electron chi connectivity index (χ1n) is 10.7. The summed E-state index contributed by atoms with van der Waals surface area (Å²) in [5.41, 5.74) is -0.751. The molecule has 1 saturated carbocycles. The van der Waals surface area contributed by atoms with Gasteiger partial charge in [0.05, 0.1) is 30.5 Å². The molecular formula is C21H20F4N8O. The lowest BCUT2D eigenvalue weighted by Gasteiger charge is -2.41. The second-order valence-corrected chi connectivity index (χ2v) is 8.26. The van der Waals surface area contributed by atoms with Crippen LogP contribution in [0.1, 0.15) is 35.3 Å². The van der Waals surface area contributed by atoms with Crippen molar-refractivity contribution < 1.29 is 22.4 Å². The van der Waals surface area contributed by atoms with Gasteiger partial charge in [0, 0.05) is 18.8 Å². The Morgan fingerprint density at radius 1 is 1.03 bits per heavy atom. The maximum Gasteiger partial charge on any atom is 0.417 e. The van der Waals surface area contributed by atoms with E-state index < -0.39 is 29.9 Å². The molecule has 178 valence electrons. The molecule has 2 atom stereocenters. The van der Waals surface area contributed by atoms with Gasteiger partial charge in [0.25, 0.3) is 5.91 Å². The number of carbonyl (C=O) groups excluding carboxylic acids is 1. The van der Waals surface area contributed by atoms with Crippen molar-refractivity contribution in [3.63, 3.8) is 0 Å². The van der Waals surface area contributed by atoms with E-state index in [0.29, 0.717) is 18.8 Å². The van der Waals surface area contributed by atoms with Gasteiger partial charge in [-0.2, -0.15) is 18.3 Å². The van der Waals surface area contributed by atoms with Crippen molar-refractivity contribution in [1.29, 1.82) is 0 Å². The molecule has 9 nitrogen and oxygen atoms in total. The number of amides is 1. The summed E-state index contributed by atoms with van der Waals surface area (Å²) in [7, 11) is 0. The van der Waals surface area contributed by atoms with Crippen LogP contribution >= 0.6 is 0 Å². The van der Waals surface area contributed by atoms with E-state index in [1.54, 1.807) is 9.80 Å². The van der Waals surface area contributed by atoms with E-state index in [1.165, 1.54) is 35.8 Å². The Bertz CT molecular complexity index is 1130. The third-order valence-electron chi connectivity index (χ3n) is 5.95. The highest BCUT2D eigenvalue weighted by molar-refractivity contribution is 5.92. The van der Waals surface area contributed by atoms with Crippen LogP contribution in [0.2, 0.25) is 0 Å². The lowest BCUT2D eigenvalue weighted by atomic mass is 10.00. The lowest BCUT2D eigenvalue weighted by Crippen LogP contribution is -2.55. The highest BCUT2D eigenvalue weighted by Crippen LogP contribution is 2.35. The number of rotatable bonds is 5. The van der Waals surface area contributed by atoms with Crippen LogP contribution in [0.25, 0.3) is 5.82 Å². The lowest BCUT2D eigenvalue weighted by molar-refractivity contribution is -0.137. The first-order valence-corrected chi connectivity index (χ1v) is 10.7. The Morgan fingerprint density at radius 2 is 1.82 bits per heavy atom. The molecular weight excluding hydrogens is 456 g/mol. The molecule has 0 aromatic carbocycles. The summed E-state index contributed by atoms with van der Waals surface area (Å²) < 4.78 is 55.1. The molecule has 5 rings (SSSR count). The summed E-state index contributed by atoms with van der Waals surface area (Å²) in [5.74, 6) is 0.273. The minimum Gasteiger partial charge on any atom is -0.354 e. The van der Waals surface area contributed by atoms with E-state index in [4.69, 9.17) is 0 Å². The molecule has 3 aromatic heterocycles. The Kier molecular flexibility index (Phi) is 5.62. The number of aromatic nitrogens is 6. The summed E-state index contributed by atoms with van der Waals surface area (Å²) in [6.45, 7) is 0.285. The van der Waals surface area contributed by atoms with Crippen molar-refractivity contribution in [2.45, 2.75) is 43.7 Å². The van der Waals surface area contributed by atoms with Gasteiger partial charge in [0.1, 0.15) is 30.3 Å². The molecule has 34 heavy (non-hydrogen) atoms. The minimum atomic E-state index is -4.48. The number of pyridine rings is 1. The summed E-state index contributed by atoms with van der Waals surface area (Å²) in [6.07, 6.45) is 2.29. The fourth-order valence-electron chi connectivity index (χ4n) is 4.10. The van der Waals surface area contributed by atoms with Crippen LogP contribution in [0.3, 0.4) is 0 Å². The molecule has 0 spiro atoms. The predicted octanol–water partition coefficient (Wildman–Crippen LogP) is 2.69. The molecule has 13 heteroatoms. The highest BCUT2D eigenvalue weighted by Gasteiger charge is 2.44. The molecule has 1 aliphatic carbocycles. The van der Waals surface area contributed by atoms with Crippen molar-refractivity contribution >= 4 is 11.7 Å². The minimum absolute atomic E-state index is 0.0664. The molecule has 4 heterocycles. The Hall–Kier alpha value is -3.64. The van der Waals surface area contributed by atoms with E-state index in [-0.39, 0.29) is 24.1 Å². The molecule has 0 bridgehead atoms. The fourth-order valence-corrected chi connectivity index (χ4v) is 4.10. The number of hydrogen-bond donors (Lipinski definition) is 0. The summed E-state index contributed by atoms with van der Waals surface area (Å²) >= 11 is 0. The molecule has 1 saturated heterocycles. The molecule has 0 radical (unpaired) electrons. The molecule has 2 unspecified atom stereocenters. The predicted molar refractivity (Wildman–Crippen MR) is 111 cm³/mol. The van der Waals surface area contributed by atoms with Gasteiger partial charge in [-0.1, -0.05) is 0 Å². The van der Waals surface area contributed by atoms with Gasteiger partial charge < -0.3 is 9.80 Å². The van der Waals surface area contributed by atoms with Gasteiger partial charge in [-0.25, -0.2) is 29.0 Å². The highest BCUT2D eigenvalue weighted by atomic mass is 19.4. The van der Waals surface area contributed by atoms with Crippen LogP contribution in [-0.2, 0) is 6.18 Å². The third-order valence-corrected chi connectivity index (χ3v) is 5.95. The molecule has 2 aliphatic rings. The van der Waals surface area contributed by atoms with E-state index in [9.17, 15) is 18.0 Å². The van der Waals surface area contributed by atoms with Crippen LogP contribution < -0.4 is 4.90 Å². The summed E-state index contributed by atoms with van der Waals surface area (Å²) in [5, 5.41) is 3.96. The van der Waals surface area contributed by atoms with Gasteiger partial charge in [-0.3, -0.25) is 4.79 Å². The van der Waals surface area contributed by atoms with Gasteiger partial charge >= 0.3 is 6.18 Å². The van der Waals surface area contributed by atoms with Crippen molar-refractivity contribution in [2.24, 2.45) is 0 Å². The molecule has 0 N–H and O–H groups in total.